The van der Waals surface area contributed by atoms with Gasteiger partial charge >= 0.3 is 0 Å². The van der Waals surface area contributed by atoms with E-state index in [2.05, 4.69) is 9.97 Å². The van der Waals surface area contributed by atoms with Gasteiger partial charge in [-0.1, -0.05) is 0 Å². The topological polar surface area (TPSA) is 33.6 Å². The van der Waals surface area contributed by atoms with Gasteiger partial charge in [0.1, 0.15) is 11.6 Å². The summed E-state index contributed by atoms with van der Waals surface area (Å²) in [5.74, 6) is -1.31. The Hall–Kier alpha value is -2.08. The van der Waals surface area contributed by atoms with Crippen LogP contribution < -0.4 is 0 Å². The Balaban J connectivity index is 2.36. The van der Waals surface area contributed by atoms with E-state index in [1.807, 2.05) is 13.0 Å². The highest BCUT2D eigenvalue weighted by Gasteiger charge is 2.12. The van der Waals surface area contributed by atoms with Gasteiger partial charge in [0, 0.05) is 12.3 Å². The summed E-state index contributed by atoms with van der Waals surface area (Å²) < 4.78 is 28.6. The van der Waals surface area contributed by atoms with Crippen LogP contribution >= 0.6 is 12.2 Å². The molecule has 0 atom stereocenters. The predicted molar refractivity (Wildman–Crippen MR) is 70.9 cm³/mol. The fourth-order valence-electron chi connectivity index (χ4n) is 1.99. The van der Waals surface area contributed by atoms with E-state index >= 15 is 0 Å². The van der Waals surface area contributed by atoms with Crippen molar-refractivity contribution < 1.29 is 8.78 Å². The van der Waals surface area contributed by atoms with Gasteiger partial charge in [-0.05, 0) is 42.9 Å². The van der Waals surface area contributed by atoms with Crippen LogP contribution in [0.1, 0.15) is 5.56 Å². The number of nitrogens with zero attached hydrogens (tertiary/aromatic N) is 2. The Labute approximate surface area is 112 Å². The highest BCUT2D eigenvalue weighted by atomic mass is 32.1. The molecule has 1 aromatic carbocycles. The molecule has 0 bridgehead atoms. The number of nitrogens with one attached hydrogen (secondary N) is 1. The molecule has 1 N–H and O–H groups in total. The van der Waals surface area contributed by atoms with Crippen LogP contribution in [0.15, 0.2) is 30.5 Å². The number of rotatable bonds is 1. The minimum absolute atomic E-state index is 0.175. The molecule has 3 aromatic rings. The van der Waals surface area contributed by atoms with Gasteiger partial charge in [-0.3, -0.25) is 4.57 Å². The summed E-state index contributed by atoms with van der Waals surface area (Å²) in [5.41, 5.74) is 2.37. The summed E-state index contributed by atoms with van der Waals surface area (Å²) in [6, 6.07) is 5.22. The lowest BCUT2D eigenvalue weighted by Gasteiger charge is -2.05. The molecule has 0 saturated heterocycles. The first-order valence-corrected chi connectivity index (χ1v) is 6.00. The van der Waals surface area contributed by atoms with Crippen LogP contribution in [0.3, 0.4) is 0 Å². The summed E-state index contributed by atoms with van der Waals surface area (Å²) in [6.07, 6.45) is 1.67. The van der Waals surface area contributed by atoms with Crippen LogP contribution in [0.2, 0.25) is 0 Å². The van der Waals surface area contributed by atoms with E-state index in [1.165, 1.54) is 16.7 Å². The molecule has 3 nitrogen and oxygen atoms in total. The fourth-order valence-corrected chi connectivity index (χ4v) is 2.28. The smallest absolute Gasteiger partial charge is 0.184 e. The fraction of sp³-hybridized carbons (Fsp3) is 0.0769. The Morgan fingerprint density at radius 3 is 2.79 bits per heavy atom. The SMILES string of the molecule is Cc1cnc2c(c1)[nH]c(=S)n2-c1ccc(F)cc1F. The first-order valence-electron chi connectivity index (χ1n) is 5.59. The van der Waals surface area contributed by atoms with E-state index in [9.17, 15) is 8.78 Å². The van der Waals surface area contributed by atoms with Crippen LogP contribution in [-0.2, 0) is 0 Å². The van der Waals surface area contributed by atoms with Gasteiger partial charge in [0.25, 0.3) is 0 Å². The van der Waals surface area contributed by atoms with Crippen LogP contribution in [0, 0.1) is 23.3 Å². The molecule has 0 spiro atoms. The van der Waals surface area contributed by atoms with Crippen molar-refractivity contribution in [2.75, 3.05) is 0 Å². The second-order valence-corrected chi connectivity index (χ2v) is 4.63. The Morgan fingerprint density at radius 1 is 1.26 bits per heavy atom. The second kappa shape index (κ2) is 4.24. The number of hydrogen-bond donors (Lipinski definition) is 1. The molecule has 96 valence electrons. The lowest BCUT2D eigenvalue weighted by atomic mass is 10.3. The van der Waals surface area contributed by atoms with Crippen molar-refractivity contribution >= 4 is 23.4 Å². The third-order valence-corrected chi connectivity index (χ3v) is 3.10. The number of imidazole rings is 1. The van der Waals surface area contributed by atoms with Crippen LogP contribution in [0.25, 0.3) is 16.9 Å². The molecule has 0 aliphatic heterocycles. The molecular formula is C13H9F2N3S. The van der Waals surface area contributed by atoms with Crippen molar-refractivity contribution in [1.82, 2.24) is 14.5 Å². The zero-order chi connectivity index (χ0) is 13.6. The number of aryl methyl sites for hydroxylation is 1. The van der Waals surface area contributed by atoms with Gasteiger partial charge in [-0.25, -0.2) is 13.8 Å². The van der Waals surface area contributed by atoms with Gasteiger partial charge < -0.3 is 4.98 Å². The van der Waals surface area contributed by atoms with Crippen molar-refractivity contribution in [1.29, 1.82) is 0 Å². The van der Waals surface area contributed by atoms with Crippen molar-refractivity contribution in [3.63, 3.8) is 0 Å². The van der Waals surface area contributed by atoms with E-state index in [0.29, 0.717) is 15.9 Å². The number of pyridine rings is 1. The summed E-state index contributed by atoms with van der Waals surface area (Å²) in [7, 11) is 0. The molecule has 0 radical (unpaired) electrons. The average Bonchev–Trinajstić information content (AvgIpc) is 2.65. The monoisotopic (exact) mass is 277 g/mol. The Morgan fingerprint density at radius 2 is 2.05 bits per heavy atom. The van der Waals surface area contributed by atoms with Crippen LogP contribution in [0.4, 0.5) is 8.78 Å². The van der Waals surface area contributed by atoms with Gasteiger partial charge in [0.15, 0.2) is 10.4 Å². The average molecular weight is 277 g/mol. The number of aromatic amines is 1. The minimum atomic E-state index is -0.681. The molecule has 0 aliphatic carbocycles. The third kappa shape index (κ3) is 1.94. The number of benzene rings is 1. The maximum absolute atomic E-state index is 13.9. The molecule has 3 rings (SSSR count). The summed E-state index contributed by atoms with van der Waals surface area (Å²) >= 11 is 5.18. The van der Waals surface area contributed by atoms with Gasteiger partial charge in [0.2, 0.25) is 0 Å². The largest absolute Gasteiger partial charge is 0.329 e. The lowest BCUT2D eigenvalue weighted by Crippen LogP contribution is -1.99. The van der Waals surface area contributed by atoms with Crippen molar-refractivity contribution in [2.45, 2.75) is 6.92 Å². The third-order valence-electron chi connectivity index (χ3n) is 2.81. The van der Waals surface area contributed by atoms with Gasteiger partial charge in [-0.2, -0.15) is 0 Å². The highest BCUT2D eigenvalue weighted by molar-refractivity contribution is 7.71. The van der Waals surface area contributed by atoms with Crippen molar-refractivity contribution in [3.05, 3.63) is 52.4 Å². The number of aromatic nitrogens is 3. The van der Waals surface area contributed by atoms with Crippen LogP contribution in [-0.4, -0.2) is 14.5 Å². The molecule has 2 aromatic heterocycles. The molecule has 0 amide bonds. The Bertz CT molecular complexity index is 836. The standard InChI is InChI=1S/C13H9F2N3S/c1-7-4-10-12(16-6-7)18(13(19)17-10)11-3-2-8(14)5-9(11)15/h2-6H,1H3,(H,17,19). The summed E-state index contributed by atoms with van der Waals surface area (Å²) in [6.45, 7) is 1.90. The van der Waals surface area contributed by atoms with E-state index in [-0.39, 0.29) is 5.69 Å². The van der Waals surface area contributed by atoms with E-state index in [4.69, 9.17) is 12.2 Å². The quantitative estimate of drug-likeness (QED) is 0.688. The van der Waals surface area contributed by atoms with Crippen molar-refractivity contribution in [2.24, 2.45) is 0 Å². The lowest BCUT2D eigenvalue weighted by molar-refractivity contribution is 0.578. The molecule has 6 heteroatoms. The summed E-state index contributed by atoms with van der Waals surface area (Å²) in [5, 5.41) is 0. The maximum Gasteiger partial charge on any atom is 0.184 e. The summed E-state index contributed by atoms with van der Waals surface area (Å²) in [4.78, 5) is 7.21. The van der Waals surface area contributed by atoms with E-state index in [1.54, 1.807) is 6.20 Å². The second-order valence-electron chi connectivity index (χ2n) is 4.25. The molecule has 0 aliphatic rings. The number of fused-ring (bicyclic) bond motifs is 1. The minimum Gasteiger partial charge on any atom is -0.329 e. The van der Waals surface area contributed by atoms with Gasteiger partial charge in [-0.15, -0.1) is 0 Å². The van der Waals surface area contributed by atoms with E-state index < -0.39 is 11.6 Å². The highest BCUT2D eigenvalue weighted by Crippen LogP contribution is 2.21. The first-order chi connectivity index (χ1) is 9.06. The van der Waals surface area contributed by atoms with Crippen molar-refractivity contribution in [3.8, 4) is 5.69 Å². The van der Waals surface area contributed by atoms with E-state index in [0.717, 1.165) is 11.6 Å². The Kier molecular flexibility index (Phi) is 2.67. The molecule has 0 unspecified atom stereocenters. The molecule has 0 fully saturated rings. The van der Waals surface area contributed by atoms with Gasteiger partial charge in [0.05, 0.1) is 11.2 Å². The predicted octanol–water partition coefficient (Wildman–Crippen LogP) is 3.67. The first kappa shape index (κ1) is 12.0. The number of H-pyrrole nitrogens is 1. The molecule has 19 heavy (non-hydrogen) atoms. The van der Waals surface area contributed by atoms with Crippen LogP contribution in [0.5, 0.6) is 0 Å². The maximum atomic E-state index is 13.9. The normalized spacial score (nSPS) is 11.1. The number of halogens is 2. The zero-order valence-electron chi connectivity index (χ0n) is 9.95. The zero-order valence-corrected chi connectivity index (χ0v) is 10.8. The number of hydrogen-bond acceptors (Lipinski definition) is 2. The molecular weight excluding hydrogens is 268 g/mol. The molecule has 2 heterocycles. The molecule has 0 saturated carbocycles.